The Morgan fingerprint density at radius 1 is 1.11 bits per heavy atom. The van der Waals surface area contributed by atoms with Crippen molar-refractivity contribution < 1.29 is 4.74 Å². The van der Waals surface area contributed by atoms with Crippen LogP contribution in [0.4, 0.5) is 0 Å². The third-order valence-corrected chi connectivity index (χ3v) is 4.08. The Bertz CT molecular complexity index is 566. The maximum Gasteiger partial charge on any atom is 0.0774 e. The largest absolute Gasteiger partial charge is 0.373 e. The molecule has 2 aromatic rings. The third kappa shape index (κ3) is 2.51. The summed E-state index contributed by atoms with van der Waals surface area (Å²) >= 11 is 0. The maximum atomic E-state index is 6.02. The Hall–Kier alpha value is -1.38. The summed E-state index contributed by atoms with van der Waals surface area (Å²) in [5.74, 6) is 0. The first-order valence-electron chi connectivity index (χ1n) is 7.09. The van der Waals surface area contributed by atoms with E-state index in [4.69, 9.17) is 4.74 Å². The van der Waals surface area contributed by atoms with Crippen molar-refractivity contribution in [1.29, 1.82) is 0 Å². The second-order valence-electron chi connectivity index (χ2n) is 5.44. The number of rotatable bonds is 3. The van der Waals surface area contributed by atoms with E-state index in [2.05, 4.69) is 54.7 Å². The lowest BCUT2D eigenvalue weighted by atomic mass is 9.96. The molecule has 2 heteroatoms. The number of hydrogen-bond donors (Lipinski definition) is 1. The molecule has 19 heavy (non-hydrogen) atoms. The lowest BCUT2D eigenvalue weighted by Gasteiger charge is -2.24. The fourth-order valence-electron chi connectivity index (χ4n) is 3.05. The van der Waals surface area contributed by atoms with Crippen LogP contribution < -0.4 is 5.32 Å². The average molecular weight is 255 g/mol. The molecule has 1 aliphatic rings. The van der Waals surface area contributed by atoms with Crippen LogP contribution >= 0.6 is 0 Å². The van der Waals surface area contributed by atoms with Gasteiger partial charge in [-0.1, -0.05) is 36.4 Å². The van der Waals surface area contributed by atoms with Gasteiger partial charge in [0.1, 0.15) is 0 Å². The van der Waals surface area contributed by atoms with Gasteiger partial charge >= 0.3 is 0 Å². The highest BCUT2D eigenvalue weighted by Crippen LogP contribution is 2.31. The Balaban J connectivity index is 1.92. The van der Waals surface area contributed by atoms with Gasteiger partial charge < -0.3 is 10.1 Å². The minimum Gasteiger partial charge on any atom is -0.373 e. The SMILES string of the molecule is CNC(c1ccc2ccccc2c1)C1CCC(C)O1. The van der Waals surface area contributed by atoms with Gasteiger partial charge in [0.25, 0.3) is 0 Å². The molecule has 0 amide bonds. The molecule has 1 saturated heterocycles. The summed E-state index contributed by atoms with van der Waals surface area (Å²) in [5, 5.41) is 6.01. The molecule has 2 aromatic carbocycles. The molecular formula is C17H21NO. The molecule has 0 aromatic heterocycles. The third-order valence-electron chi connectivity index (χ3n) is 4.08. The molecule has 3 atom stereocenters. The molecule has 3 rings (SSSR count). The van der Waals surface area contributed by atoms with Crippen molar-refractivity contribution in [3.8, 4) is 0 Å². The standard InChI is InChI=1S/C17H21NO/c1-12-7-10-16(19-12)17(18-2)15-9-8-13-5-3-4-6-14(13)11-15/h3-6,8-9,11-12,16-18H,7,10H2,1-2H3. The highest BCUT2D eigenvalue weighted by Gasteiger charge is 2.29. The highest BCUT2D eigenvalue weighted by atomic mass is 16.5. The van der Waals surface area contributed by atoms with E-state index in [1.54, 1.807) is 0 Å². The van der Waals surface area contributed by atoms with Crippen molar-refractivity contribution in [3.05, 3.63) is 48.0 Å². The van der Waals surface area contributed by atoms with E-state index in [0.717, 1.165) is 12.8 Å². The zero-order valence-electron chi connectivity index (χ0n) is 11.6. The molecule has 3 unspecified atom stereocenters. The smallest absolute Gasteiger partial charge is 0.0774 e. The Morgan fingerprint density at radius 2 is 1.89 bits per heavy atom. The van der Waals surface area contributed by atoms with E-state index in [-0.39, 0.29) is 6.04 Å². The molecule has 1 fully saturated rings. The first kappa shape index (κ1) is 12.6. The second kappa shape index (κ2) is 5.32. The van der Waals surface area contributed by atoms with Crippen LogP contribution in [0.3, 0.4) is 0 Å². The van der Waals surface area contributed by atoms with E-state index >= 15 is 0 Å². The molecule has 1 heterocycles. The van der Waals surface area contributed by atoms with Gasteiger partial charge in [-0.15, -0.1) is 0 Å². The lowest BCUT2D eigenvalue weighted by molar-refractivity contribution is 0.0333. The summed E-state index contributed by atoms with van der Waals surface area (Å²) in [6.45, 7) is 2.16. The first-order valence-corrected chi connectivity index (χ1v) is 7.09. The predicted molar refractivity (Wildman–Crippen MR) is 79.3 cm³/mol. The van der Waals surface area contributed by atoms with Crippen LogP contribution in [0.2, 0.25) is 0 Å². The number of likely N-dealkylation sites (N-methyl/N-ethyl adjacent to an activating group) is 1. The summed E-state index contributed by atoms with van der Waals surface area (Å²) in [5.41, 5.74) is 1.32. The van der Waals surface area contributed by atoms with Crippen LogP contribution in [0, 0.1) is 0 Å². The van der Waals surface area contributed by atoms with Crippen molar-refractivity contribution in [2.45, 2.75) is 38.0 Å². The summed E-state index contributed by atoms with van der Waals surface area (Å²) < 4.78 is 6.02. The van der Waals surface area contributed by atoms with Gasteiger partial charge in [-0.3, -0.25) is 0 Å². The normalized spacial score (nSPS) is 24.7. The lowest BCUT2D eigenvalue weighted by Crippen LogP contribution is -2.29. The number of nitrogens with one attached hydrogen (secondary N) is 1. The van der Waals surface area contributed by atoms with Gasteiger partial charge in [-0.25, -0.2) is 0 Å². The first-order chi connectivity index (χ1) is 9.28. The topological polar surface area (TPSA) is 21.3 Å². The van der Waals surface area contributed by atoms with Crippen molar-refractivity contribution >= 4 is 10.8 Å². The van der Waals surface area contributed by atoms with E-state index in [0.29, 0.717) is 12.2 Å². The van der Waals surface area contributed by atoms with Crippen molar-refractivity contribution in [3.63, 3.8) is 0 Å². The van der Waals surface area contributed by atoms with E-state index in [1.165, 1.54) is 16.3 Å². The molecule has 0 aliphatic carbocycles. The second-order valence-corrected chi connectivity index (χ2v) is 5.44. The Morgan fingerprint density at radius 3 is 2.58 bits per heavy atom. The van der Waals surface area contributed by atoms with Gasteiger partial charge in [-0.2, -0.15) is 0 Å². The van der Waals surface area contributed by atoms with Crippen LogP contribution in [-0.2, 0) is 4.74 Å². The molecule has 0 saturated carbocycles. The summed E-state index contributed by atoms with van der Waals surface area (Å²) in [6, 6.07) is 15.5. The summed E-state index contributed by atoms with van der Waals surface area (Å²) in [7, 11) is 2.02. The molecule has 1 N–H and O–H groups in total. The van der Waals surface area contributed by atoms with Crippen LogP contribution in [0.15, 0.2) is 42.5 Å². The van der Waals surface area contributed by atoms with Gasteiger partial charge in [0.2, 0.25) is 0 Å². The quantitative estimate of drug-likeness (QED) is 0.903. The van der Waals surface area contributed by atoms with Crippen LogP contribution in [-0.4, -0.2) is 19.3 Å². The van der Waals surface area contributed by atoms with Crippen LogP contribution in [0.25, 0.3) is 10.8 Å². The molecule has 0 radical (unpaired) electrons. The van der Waals surface area contributed by atoms with Gasteiger partial charge in [0.05, 0.1) is 18.2 Å². The molecular weight excluding hydrogens is 234 g/mol. The van der Waals surface area contributed by atoms with Crippen molar-refractivity contribution in [2.75, 3.05) is 7.05 Å². The Kier molecular flexibility index (Phi) is 3.54. The number of ether oxygens (including phenoxy) is 1. The van der Waals surface area contributed by atoms with Crippen LogP contribution in [0.1, 0.15) is 31.4 Å². The van der Waals surface area contributed by atoms with Crippen molar-refractivity contribution in [1.82, 2.24) is 5.32 Å². The number of fused-ring (bicyclic) bond motifs is 1. The van der Waals surface area contributed by atoms with E-state index < -0.39 is 0 Å². The van der Waals surface area contributed by atoms with E-state index in [1.807, 2.05) is 7.05 Å². The van der Waals surface area contributed by atoms with Gasteiger partial charge in [0, 0.05) is 0 Å². The molecule has 0 bridgehead atoms. The Labute approximate surface area is 114 Å². The maximum absolute atomic E-state index is 6.02. The predicted octanol–water partition coefficient (Wildman–Crippen LogP) is 3.67. The van der Waals surface area contributed by atoms with Crippen molar-refractivity contribution in [2.24, 2.45) is 0 Å². The fraction of sp³-hybridized carbons (Fsp3) is 0.412. The molecule has 0 spiro atoms. The van der Waals surface area contributed by atoms with Gasteiger partial charge in [0.15, 0.2) is 0 Å². The highest BCUT2D eigenvalue weighted by molar-refractivity contribution is 5.83. The van der Waals surface area contributed by atoms with E-state index in [9.17, 15) is 0 Å². The van der Waals surface area contributed by atoms with Crippen LogP contribution in [0.5, 0.6) is 0 Å². The monoisotopic (exact) mass is 255 g/mol. The minimum atomic E-state index is 0.287. The summed E-state index contributed by atoms with van der Waals surface area (Å²) in [4.78, 5) is 0. The minimum absolute atomic E-state index is 0.287. The molecule has 100 valence electrons. The zero-order chi connectivity index (χ0) is 13.2. The molecule has 1 aliphatic heterocycles. The summed E-state index contributed by atoms with van der Waals surface area (Å²) in [6.07, 6.45) is 2.98. The number of benzene rings is 2. The zero-order valence-corrected chi connectivity index (χ0v) is 11.6. The van der Waals surface area contributed by atoms with Gasteiger partial charge in [-0.05, 0) is 49.2 Å². The fourth-order valence-corrected chi connectivity index (χ4v) is 3.05. The number of hydrogen-bond acceptors (Lipinski definition) is 2. The average Bonchev–Trinajstić information content (AvgIpc) is 2.86. The molecule has 2 nitrogen and oxygen atoms in total.